The molecule has 42 valence electrons. The van der Waals surface area contributed by atoms with Crippen molar-refractivity contribution in [2.45, 2.75) is 0 Å². The van der Waals surface area contributed by atoms with Gasteiger partial charge in [-0.1, -0.05) is 0 Å². The second-order valence-corrected chi connectivity index (χ2v) is 1.47. The average molecular weight is 111 g/mol. The van der Waals surface area contributed by atoms with Gasteiger partial charge in [0.05, 0.1) is 0 Å². The van der Waals surface area contributed by atoms with Crippen molar-refractivity contribution >= 4 is 5.95 Å². The normalized spacial score (nSPS) is 9.12. The Hall–Kier alpha value is -1.19. The Morgan fingerprint density at radius 2 is 2.62 bits per heavy atom. The molecule has 4 nitrogen and oxygen atoms in total. The average Bonchev–Trinajstić information content (AvgIpc) is 2.14. The topological polar surface area (TPSA) is 55.8 Å². The largest absolute Gasteiger partial charge is 0.314 e. The maximum Gasteiger partial charge on any atom is 0.293 e. The van der Waals surface area contributed by atoms with Crippen molar-refractivity contribution in [3.63, 3.8) is 0 Å². The number of hydrogen-bond acceptors (Lipinski definition) is 2. The predicted molar refractivity (Wildman–Crippen MR) is 27.2 cm³/mol. The first-order valence-electron chi connectivity index (χ1n) is 2.23. The first kappa shape index (κ1) is 4.96. The van der Waals surface area contributed by atoms with Crippen LogP contribution in [-0.2, 0) is 7.05 Å². The molecule has 0 atom stereocenters. The number of hydrogen-bond donors (Lipinski definition) is 1. The van der Waals surface area contributed by atoms with Gasteiger partial charge in [0.15, 0.2) is 0 Å². The fourth-order valence-electron chi connectivity index (χ4n) is 0.482. The van der Waals surface area contributed by atoms with E-state index >= 15 is 0 Å². The van der Waals surface area contributed by atoms with E-state index in [2.05, 4.69) is 10.1 Å². The SMILES string of the molecule is Cn1ccnc1N=[NH2+]. The first-order valence-corrected chi connectivity index (χ1v) is 2.23. The number of rotatable bonds is 1. The number of aryl methyl sites for hydroxylation is 1. The molecule has 0 saturated carbocycles. The van der Waals surface area contributed by atoms with Crippen LogP contribution in [0.25, 0.3) is 0 Å². The van der Waals surface area contributed by atoms with Crippen molar-refractivity contribution in [3.8, 4) is 0 Å². The molecule has 4 heteroatoms. The summed E-state index contributed by atoms with van der Waals surface area (Å²) >= 11 is 0. The van der Waals surface area contributed by atoms with E-state index in [9.17, 15) is 0 Å². The van der Waals surface area contributed by atoms with Crippen molar-refractivity contribution in [3.05, 3.63) is 12.4 Å². The Kier molecular flexibility index (Phi) is 1.07. The van der Waals surface area contributed by atoms with Crippen LogP contribution in [-0.4, -0.2) is 9.55 Å². The third kappa shape index (κ3) is 0.598. The molecular formula is C4H7N4+. The van der Waals surface area contributed by atoms with Gasteiger partial charge in [0.25, 0.3) is 5.95 Å². The molecule has 0 bridgehead atoms. The summed E-state index contributed by atoms with van der Waals surface area (Å²) in [4.78, 5) is 3.81. The number of nitrogens with two attached hydrogens (primary N) is 1. The number of aromatic nitrogens is 2. The Balaban J connectivity index is 3.09. The van der Waals surface area contributed by atoms with Crippen molar-refractivity contribution in [1.82, 2.24) is 9.55 Å². The summed E-state index contributed by atoms with van der Waals surface area (Å²) in [5, 5.41) is 3.38. The van der Waals surface area contributed by atoms with Gasteiger partial charge in [0.2, 0.25) is 0 Å². The highest BCUT2D eigenvalue weighted by molar-refractivity contribution is 5.12. The van der Waals surface area contributed by atoms with Crippen LogP contribution in [0.4, 0.5) is 5.95 Å². The zero-order valence-corrected chi connectivity index (χ0v) is 4.57. The minimum Gasteiger partial charge on any atom is -0.314 e. The maximum absolute atomic E-state index is 4.94. The van der Waals surface area contributed by atoms with Crippen LogP contribution in [0.2, 0.25) is 0 Å². The molecule has 0 spiro atoms. The van der Waals surface area contributed by atoms with E-state index in [1.165, 1.54) is 0 Å². The van der Waals surface area contributed by atoms with Crippen molar-refractivity contribution < 1.29 is 5.53 Å². The summed E-state index contributed by atoms with van der Waals surface area (Å²) in [6.45, 7) is 0. The van der Waals surface area contributed by atoms with E-state index in [0.717, 1.165) is 0 Å². The molecule has 0 aliphatic rings. The standard InChI is InChI=1S/C4H6N4/c1-8-3-2-6-4(8)7-5/h2-3,5H,1H3/p+1. The highest BCUT2D eigenvalue weighted by atomic mass is 15.2. The molecule has 0 saturated heterocycles. The van der Waals surface area contributed by atoms with Crippen LogP contribution >= 0.6 is 0 Å². The lowest BCUT2D eigenvalue weighted by Gasteiger charge is -1.83. The first-order chi connectivity index (χ1) is 3.84. The van der Waals surface area contributed by atoms with E-state index in [1.54, 1.807) is 17.0 Å². The Labute approximate surface area is 46.7 Å². The van der Waals surface area contributed by atoms with Crippen LogP contribution in [0, 0.1) is 0 Å². The van der Waals surface area contributed by atoms with Gasteiger partial charge in [0, 0.05) is 24.6 Å². The Bertz CT molecular complexity index is 190. The summed E-state index contributed by atoms with van der Waals surface area (Å²) < 4.78 is 1.74. The molecule has 0 fully saturated rings. The molecule has 0 aliphatic heterocycles. The molecule has 1 aromatic rings. The van der Waals surface area contributed by atoms with Gasteiger partial charge in [-0.05, 0) is 0 Å². The Morgan fingerprint density at radius 3 is 2.88 bits per heavy atom. The van der Waals surface area contributed by atoms with Gasteiger partial charge >= 0.3 is 0 Å². The molecule has 1 aromatic heterocycles. The molecule has 1 heterocycles. The quantitative estimate of drug-likeness (QED) is 0.477. The molecule has 0 aromatic carbocycles. The van der Waals surface area contributed by atoms with E-state index < -0.39 is 0 Å². The summed E-state index contributed by atoms with van der Waals surface area (Å²) in [7, 11) is 1.83. The molecule has 8 heavy (non-hydrogen) atoms. The van der Waals surface area contributed by atoms with Crippen LogP contribution in [0.5, 0.6) is 0 Å². The minimum atomic E-state index is 0.546. The fourth-order valence-corrected chi connectivity index (χ4v) is 0.482. The van der Waals surface area contributed by atoms with Crippen molar-refractivity contribution in [1.29, 1.82) is 0 Å². The van der Waals surface area contributed by atoms with Crippen LogP contribution in [0.1, 0.15) is 0 Å². The number of imidazole rings is 1. The molecule has 0 radical (unpaired) electrons. The maximum atomic E-state index is 4.94. The third-order valence-corrected chi connectivity index (χ3v) is 0.911. The van der Waals surface area contributed by atoms with Crippen molar-refractivity contribution in [2.75, 3.05) is 0 Å². The lowest BCUT2D eigenvalue weighted by molar-refractivity contribution is -0.211. The highest BCUT2D eigenvalue weighted by Crippen LogP contribution is 2.00. The van der Waals surface area contributed by atoms with Gasteiger partial charge in [-0.2, -0.15) is 0 Å². The highest BCUT2D eigenvalue weighted by Gasteiger charge is 1.93. The van der Waals surface area contributed by atoms with E-state index in [-0.39, 0.29) is 0 Å². The molecule has 0 aliphatic carbocycles. The van der Waals surface area contributed by atoms with Crippen LogP contribution in [0.3, 0.4) is 0 Å². The zero-order chi connectivity index (χ0) is 5.98. The summed E-state index contributed by atoms with van der Waals surface area (Å²) in [5.41, 5.74) is 4.94. The summed E-state index contributed by atoms with van der Waals surface area (Å²) in [6.07, 6.45) is 3.43. The minimum absolute atomic E-state index is 0.546. The molecular weight excluding hydrogens is 104 g/mol. The van der Waals surface area contributed by atoms with Gasteiger partial charge in [0.1, 0.15) is 0 Å². The van der Waals surface area contributed by atoms with E-state index in [0.29, 0.717) is 5.95 Å². The smallest absolute Gasteiger partial charge is 0.293 e. The van der Waals surface area contributed by atoms with Gasteiger partial charge in [-0.25, -0.2) is 4.98 Å². The molecule has 0 amide bonds. The molecule has 2 N–H and O–H groups in total. The predicted octanol–water partition coefficient (Wildman–Crippen LogP) is -0.737. The second kappa shape index (κ2) is 1.73. The van der Waals surface area contributed by atoms with E-state index in [4.69, 9.17) is 5.53 Å². The second-order valence-electron chi connectivity index (χ2n) is 1.47. The van der Waals surface area contributed by atoms with Gasteiger partial charge in [-0.15, -0.1) is 5.53 Å². The number of nitrogens with zero attached hydrogens (tertiary/aromatic N) is 3. The van der Waals surface area contributed by atoms with Crippen LogP contribution in [0.15, 0.2) is 17.5 Å². The zero-order valence-electron chi connectivity index (χ0n) is 4.57. The fraction of sp³-hybridized carbons (Fsp3) is 0.250. The summed E-state index contributed by atoms with van der Waals surface area (Å²) in [6, 6.07) is 0. The lowest BCUT2D eigenvalue weighted by atomic mass is 10.9. The molecule has 1 rings (SSSR count). The third-order valence-electron chi connectivity index (χ3n) is 0.911. The van der Waals surface area contributed by atoms with Gasteiger partial charge in [-0.3, -0.25) is 0 Å². The summed E-state index contributed by atoms with van der Waals surface area (Å²) in [5.74, 6) is 0.546. The Morgan fingerprint density at radius 1 is 1.88 bits per heavy atom. The van der Waals surface area contributed by atoms with Gasteiger partial charge < -0.3 is 4.57 Å². The van der Waals surface area contributed by atoms with Crippen molar-refractivity contribution in [2.24, 2.45) is 12.2 Å². The lowest BCUT2D eigenvalue weighted by Crippen LogP contribution is -2.22. The van der Waals surface area contributed by atoms with Crippen LogP contribution < -0.4 is 5.53 Å². The monoisotopic (exact) mass is 111 g/mol. The van der Waals surface area contributed by atoms with E-state index in [1.807, 2.05) is 7.05 Å². The molecule has 0 unspecified atom stereocenters.